The van der Waals surface area contributed by atoms with Crippen LogP contribution in [0.5, 0.6) is 0 Å². The molecule has 0 spiro atoms. The molecular formula is C9H17NO2. The molecule has 70 valence electrons. The summed E-state index contributed by atoms with van der Waals surface area (Å²) < 4.78 is 0. The van der Waals surface area contributed by atoms with Gasteiger partial charge in [0.2, 0.25) is 0 Å². The van der Waals surface area contributed by atoms with Crippen LogP contribution in [0, 0.1) is 17.3 Å². The Hall–Kier alpha value is -0.570. The summed E-state index contributed by atoms with van der Waals surface area (Å²) in [6, 6.07) is 0. The Kier molecular flexibility index (Phi) is 2.42. The van der Waals surface area contributed by atoms with Crippen LogP contribution < -0.4 is 5.73 Å². The van der Waals surface area contributed by atoms with Crippen molar-refractivity contribution >= 4 is 5.97 Å². The van der Waals surface area contributed by atoms with Crippen LogP contribution in [0.4, 0.5) is 0 Å². The van der Waals surface area contributed by atoms with Gasteiger partial charge in [-0.3, -0.25) is 4.79 Å². The molecule has 0 aromatic heterocycles. The second-order valence-electron chi connectivity index (χ2n) is 4.11. The first-order valence-corrected chi connectivity index (χ1v) is 4.44. The Labute approximate surface area is 72.9 Å². The Morgan fingerprint density at radius 2 is 2.25 bits per heavy atom. The van der Waals surface area contributed by atoms with Gasteiger partial charge in [0.25, 0.3) is 0 Å². The van der Waals surface area contributed by atoms with Crippen molar-refractivity contribution in [3.63, 3.8) is 0 Å². The maximum absolute atomic E-state index is 10.6. The van der Waals surface area contributed by atoms with Gasteiger partial charge in [-0.25, -0.2) is 0 Å². The van der Waals surface area contributed by atoms with Gasteiger partial charge in [-0.1, -0.05) is 13.8 Å². The molecule has 0 bridgehead atoms. The molecule has 1 fully saturated rings. The van der Waals surface area contributed by atoms with Gasteiger partial charge in [-0.05, 0) is 30.2 Å². The van der Waals surface area contributed by atoms with Crippen LogP contribution in [0.25, 0.3) is 0 Å². The summed E-state index contributed by atoms with van der Waals surface area (Å²) in [5.41, 5.74) is 5.50. The minimum Gasteiger partial charge on any atom is -0.481 e. The SMILES string of the molecule is C[C@@H]1CC(CN)(CC(=O)O)[C@@H]1C. The van der Waals surface area contributed by atoms with Crippen molar-refractivity contribution in [2.45, 2.75) is 26.7 Å². The molecule has 1 rings (SSSR count). The van der Waals surface area contributed by atoms with Crippen molar-refractivity contribution in [1.29, 1.82) is 0 Å². The lowest BCUT2D eigenvalue weighted by molar-refractivity contribution is -0.145. The Morgan fingerprint density at radius 3 is 2.50 bits per heavy atom. The van der Waals surface area contributed by atoms with Crippen LogP contribution in [0.2, 0.25) is 0 Å². The van der Waals surface area contributed by atoms with E-state index in [0.717, 1.165) is 6.42 Å². The Morgan fingerprint density at radius 1 is 1.67 bits per heavy atom. The van der Waals surface area contributed by atoms with Gasteiger partial charge in [-0.2, -0.15) is 0 Å². The fraction of sp³-hybridized carbons (Fsp3) is 0.889. The first-order valence-electron chi connectivity index (χ1n) is 4.44. The molecule has 3 atom stereocenters. The molecule has 3 heteroatoms. The predicted octanol–water partition coefficient (Wildman–Crippen LogP) is 1.08. The maximum Gasteiger partial charge on any atom is 0.303 e. The molecule has 0 radical (unpaired) electrons. The van der Waals surface area contributed by atoms with E-state index in [1.54, 1.807) is 0 Å². The summed E-state index contributed by atoms with van der Waals surface area (Å²) in [6.07, 6.45) is 1.20. The second-order valence-corrected chi connectivity index (χ2v) is 4.11. The van der Waals surface area contributed by atoms with Crippen LogP contribution in [0.15, 0.2) is 0 Å². The highest BCUT2D eigenvalue weighted by molar-refractivity contribution is 5.68. The van der Waals surface area contributed by atoms with E-state index in [1.165, 1.54) is 0 Å². The van der Waals surface area contributed by atoms with E-state index in [2.05, 4.69) is 13.8 Å². The van der Waals surface area contributed by atoms with Crippen molar-refractivity contribution in [1.82, 2.24) is 0 Å². The number of hydrogen-bond donors (Lipinski definition) is 2. The van der Waals surface area contributed by atoms with E-state index in [9.17, 15) is 4.79 Å². The zero-order valence-corrected chi connectivity index (χ0v) is 7.71. The molecule has 3 nitrogen and oxygen atoms in total. The van der Waals surface area contributed by atoms with Crippen LogP contribution in [0.1, 0.15) is 26.7 Å². The molecule has 12 heavy (non-hydrogen) atoms. The van der Waals surface area contributed by atoms with Gasteiger partial charge < -0.3 is 10.8 Å². The van der Waals surface area contributed by atoms with Crippen molar-refractivity contribution in [3.05, 3.63) is 0 Å². The number of carbonyl (C=O) groups is 1. The van der Waals surface area contributed by atoms with E-state index < -0.39 is 5.97 Å². The third-order valence-electron chi connectivity index (χ3n) is 3.46. The quantitative estimate of drug-likeness (QED) is 0.668. The van der Waals surface area contributed by atoms with Crippen LogP contribution in [-0.4, -0.2) is 17.6 Å². The third kappa shape index (κ3) is 1.33. The summed E-state index contributed by atoms with van der Waals surface area (Å²) >= 11 is 0. The third-order valence-corrected chi connectivity index (χ3v) is 3.46. The average Bonchev–Trinajstić information content (AvgIpc) is 2.02. The summed E-state index contributed by atoms with van der Waals surface area (Å²) in [7, 11) is 0. The predicted molar refractivity (Wildman–Crippen MR) is 46.7 cm³/mol. The molecule has 3 N–H and O–H groups in total. The Bertz CT molecular complexity index is 193. The van der Waals surface area contributed by atoms with Gasteiger partial charge in [0, 0.05) is 0 Å². The van der Waals surface area contributed by atoms with E-state index >= 15 is 0 Å². The van der Waals surface area contributed by atoms with Crippen LogP contribution in [-0.2, 0) is 4.79 Å². The Balaban J connectivity index is 2.60. The molecule has 0 aromatic carbocycles. The second kappa shape index (κ2) is 3.05. The summed E-state index contributed by atoms with van der Waals surface area (Å²) in [5.74, 6) is 0.366. The molecule has 0 aliphatic heterocycles. The van der Waals surface area contributed by atoms with Crippen molar-refractivity contribution in [2.75, 3.05) is 6.54 Å². The molecule has 1 aliphatic carbocycles. The fourth-order valence-electron chi connectivity index (χ4n) is 2.32. The van der Waals surface area contributed by atoms with Gasteiger partial charge in [0.05, 0.1) is 6.42 Å². The summed E-state index contributed by atoms with van der Waals surface area (Å²) in [6.45, 7) is 4.76. The number of carboxylic acids is 1. The lowest BCUT2D eigenvalue weighted by Crippen LogP contribution is -2.51. The number of rotatable bonds is 3. The molecule has 0 heterocycles. The molecule has 0 amide bonds. The average molecular weight is 171 g/mol. The fourth-order valence-corrected chi connectivity index (χ4v) is 2.32. The van der Waals surface area contributed by atoms with Crippen LogP contribution in [0.3, 0.4) is 0 Å². The van der Waals surface area contributed by atoms with Gasteiger partial charge in [0.15, 0.2) is 0 Å². The van der Waals surface area contributed by atoms with Crippen molar-refractivity contribution in [3.8, 4) is 0 Å². The molecule has 1 aliphatic rings. The number of nitrogens with two attached hydrogens (primary N) is 1. The highest BCUT2D eigenvalue weighted by Gasteiger charge is 2.49. The van der Waals surface area contributed by atoms with Crippen molar-refractivity contribution < 1.29 is 9.90 Å². The normalized spacial score (nSPS) is 40.6. The summed E-state index contributed by atoms with van der Waals surface area (Å²) in [4.78, 5) is 10.6. The monoisotopic (exact) mass is 171 g/mol. The van der Waals surface area contributed by atoms with E-state index in [-0.39, 0.29) is 11.8 Å². The zero-order chi connectivity index (χ0) is 9.35. The van der Waals surface area contributed by atoms with Gasteiger partial charge >= 0.3 is 5.97 Å². The summed E-state index contributed by atoms with van der Waals surface area (Å²) in [5, 5.41) is 8.69. The maximum atomic E-state index is 10.6. The largest absolute Gasteiger partial charge is 0.481 e. The zero-order valence-electron chi connectivity index (χ0n) is 7.71. The minimum atomic E-state index is -0.723. The highest BCUT2D eigenvalue weighted by atomic mass is 16.4. The van der Waals surface area contributed by atoms with Crippen molar-refractivity contribution in [2.24, 2.45) is 23.0 Å². The molecular weight excluding hydrogens is 154 g/mol. The lowest BCUT2D eigenvalue weighted by atomic mass is 9.53. The van der Waals surface area contributed by atoms with Gasteiger partial charge in [0.1, 0.15) is 0 Å². The number of aliphatic carboxylic acids is 1. The van der Waals surface area contributed by atoms with Gasteiger partial charge in [-0.15, -0.1) is 0 Å². The molecule has 1 saturated carbocycles. The minimum absolute atomic E-state index is 0.106. The van der Waals surface area contributed by atoms with E-state index in [1.807, 2.05) is 0 Å². The molecule has 1 unspecified atom stereocenters. The highest BCUT2D eigenvalue weighted by Crippen LogP contribution is 2.52. The van der Waals surface area contributed by atoms with E-state index in [0.29, 0.717) is 18.4 Å². The molecule has 0 aromatic rings. The van der Waals surface area contributed by atoms with E-state index in [4.69, 9.17) is 10.8 Å². The first kappa shape index (κ1) is 9.52. The van der Waals surface area contributed by atoms with Crippen LogP contribution >= 0.6 is 0 Å². The first-order chi connectivity index (χ1) is 5.52. The standard InChI is InChI=1S/C9H17NO2/c1-6-3-9(5-10,7(6)2)4-8(11)12/h6-7H,3-5,10H2,1-2H3,(H,11,12)/t6-,7-,9?/m1/s1. The lowest BCUT2D eigenvalue weighted by Gasteiger charge is -2.52. The molecule has 0 saturated heterocycles. The topological polar surface area (TPSA) is 63.3 Å². The number of carboxylic acid groups (broad SMARTS) is 1. The number of hydrogen-bond acceptors (Lipinski definition) is 2. The smallest absolute Gasteiger partial charge is 0.303 e.